The third kappa shape index (κ3) is 4.19. The minimum Gasteiger partial charge on any atom is -0.482 e. The van der Waals surface area contributed by atoms with Crippen molar-refractivity contribution in [1.82, 2.24) is 4.90 Å². The van der Waals surface area contributed by atoms with E-state index in [0.29, 0.717) is 11.3 Å². The van der Waals surface area contributed by atoms with Crippen LogP contribution in [0.15, 0.2) is 59.5 Å². The second kappa shape index (κ2) is 7.40. The van der Waals surface area contributed by atoms with Crippen LogP contribution in [0.3, 0.4) is 0 Å². The smallest absolute Gasteiger partial charge is 0.471 e. The molecule has 0 aliphatic carbocycles. The first kappa shape index (κ1) is 21.4. The summed E-state index contributed by atoms with van der Waals surface area (Å²) in [6.45, 7) is -0.179. The van der Waals surface area contributed by atoms with E-state index in [-0.39, 0.29) is 30.8 Å². The van der Waals surface area contributed by atoms with E-state index in [2.05, 4.69) is 0 Å². The summed E-state index contributed by atoms with van der Waals surface area (Å²) in [6, 6.07) is 13.9. The maximum atomic E-state index is 12.8. The highest BCUT2D eigenvalue weighted by Crippen LogP contribution is 2.44. The average Bonchev–Trinajstić information content (AvgIpc) is 2.72. The Kier molecular flexibility index (Phi) is 5.12. The lowest BCUT2D eigenvalue weighted by atomic mass is 9.83. The van der Waals surface area contributed by atoms with E-state index in [1.165, 1.54) is 6.07 Å². The number of carbonyl (C=O) groups excluding carboxylic acids is 1. The number of rotatable bonds is 2. The molecule has 0 radical (unpaired) electrons. The van der Waals surface area contributed by atoms with Crippen molar-refractivity contribution in [2.45, 2.75) is 29.5 Å². The second-order valence-corrected chi connectivity index (χ2v) is 9.83. The van der Waals surface area contributed by atoms with Crippen LogP contribution in [0.2, 0.25) is 0 Å². The van der Waals surface area contributed by atoms with Gasteiger partial charge in [0.1, 0.15) is 11.4 Å². The quantitative estimate of drug-likeness (QED) is 0.696. The highest BCUT2D eigenvalue weighted by molar-refractivity contribution is 7.90. The number of nitrogens with zero attached hydrogens (tertiary/aromatic N) is 1. The molecule has 0 atom stereocenters. The van der Waals surface area contributed by atoms with Crippen molar-refractivity contribution in [3.63, 3.8) is 0 Å². The number of likely N-dealkylation sites (tertiary alicyclic amines) is 1. The van der Waals surface area contributed by atoms with Crippen molar-refractivity contribution < 1.29 is 31.1 Å². The number of amides is 1. The van der Waals surface area contributed by atoms with Crippen molar-refractivity contribution in [3.8, 4) is 5.75 Å². The Morgan fingerprint density at radius 2 is 1.71 bits per heavy atom. The Hall–Kier alpha value is -2.81. The third-order valence-corrected chi connectivity index (χ3v) is 6.72. The number of benzene rings is 2. The van der Waals surface area contributed by atoms with Gasteiger partial charge in [-0.1, -0.05) is 30.3 Å². The number of fused-ring (bicyclic) bond motifs is 1. The van der Waals surface area contributed by atoms with E-state index in [0.717, 1.165) is 22.3 Å². The zero-order valence-electron chi connectivity index (χ0n) is 16.6. The predicted octanol–water partition coefficient (Wildman–Crippen LogP) is 3.84. The van der Waals surface area contributed by atoms with Gasteiger partial charge < -0.3 is 9.64 Å². The van der Waals surface area contributed by atoms with E-state index >= 15 is 0 Å². The van der Waals surface area contributed by atoms with Crippen LogP contribution in [0, 0.1) is 0 Å². The third-order valence-electron chi connectivity index (χ3n) is 5.61. The maximum Gasteiger partial charge on any atom is 0.471 e. The Balaban J connectivity index is 1.73. The topological polar surface area (TPSA) is 63.7 Å². The summed E-state index contributed by atoms with van der Waals surface area (Å²) in [7, 11) is -3.44. The molecule has 2 aliphatic heterocycles. The van der Waals surface area contributed by atoms with Crippen LogP contribution in [0.5, 0.6) is 5.75 Å². The molecule has 2 aliphatic rings. The van der Waals surface area contributed by atoms with Crippen molar-refractivity contribution in [2.24, 2.45) is 0 Å². The Morgan fingerprint density at radius 1 is 1.06 bits per heavy atom. The summed E-state index contributed by atoms with van der Waals surface area (Å²) in [5, 5.41) is 0. The highest BCUT2D eigenvalue weighted by Gasteiger charge is 2.47. The zero-order valence-corrected chi connectivity index (χ0v) is 17.5. The first-order valence-electron chi connectivity index (χ1n) is 9.66. The lowest BCUT2D eigenvalue weighted by molar-refractivity contribution is -0.187. The van der Waals surface area contributed by atoms with Gasteiger partial charge in [0.05, 0.1) is 4.90 Å². The molecule has 0 unspecified atom stereocenters. The summed E-state index contributed by atoms with van der Waals surface area (Å²) in [5.41, 5.74) is 1.31. The van der Waals surface area contributed by atoms with Gasteiger partial charge in [0.2, 0.25) is 0 Å². The molecular weight excluding hydrogens is 431 g/mol. The number of carbonyl (C=O) groups is 1. The number of halogens is 3. The van der Waals surface area contributed by atoms with Gasteiger partial charge in [-0.2, -0.15) is 13.2 Å². The zero-order chi connectivity index (χ0) is 22.4. The van der Waals surface area contributed by atoms with Gasteiger partial charge in [0, 0.05) is 37.8 Å². The molecule has 164 valence electrons. The number of piperidine rings is 1. The first-order valence-corrected chi connectivity index (χ1v) is 11.6. The molecule has 4 rings (SSSR count). The second-order valence-electron chi connectivity index (χ2n) is 7.81. The summed E-state index contributed by atoms with van der Waals surface area (Å²) in [4.78, 5) is 12.5. The molecule has 5 nitrogen and oxygen atoms in total. The monoisotopic (exact) mass is 451 g/mol. The normalized spacial score (nSPS) is 18.2. The minimum atomic E-state index is -4.91. The lowest BCUT2D eigenvalue weighted by Crippen LogP contribution is -2.52. The number of alkyl halides is 3. The average molecular weight is 451 g/mol. The molecule has 9 heteroatoms. The van der Waals surface area contributed by atoms with E-state index in [4.69, 9.17) is 4.74 Å². The lowest BCUT2D eigenvalue weighted by Gasteiger charge is -2.43. The van der Waals surface area contributed by atoms with Crippen LogP contribution in [0.4, 0.5) is 13.2 Å². The van der Waals surface area contributed by atoms with Gasteiger partial charge in [-0.05, 0) is 35.4 Å². The number of hydrogen-bond acceptors (Lipinski definition) is 4. The van der Waals surface area contributed by atoms with Crippen LogP contribution in [0.1, 0.15) is 24.0 Å². The van der Waals surface area contributed by atoms with Gasteiger partial charge >= 0.3 is 12.1 Å². The summed E-state index contributed by atoms with van der Waals surface area (Å²) < 4.78 is 68.7. The van der Waals surface area contributed by atoms with Crippen LogP contribution < -0.4 is 4.74 Å². The molecule has 0 N–H and O–H groups in total. The van der Waals surface area contributed by atoms with E-state index < -0.39 is 27.5 Å². The van der Waals surface area contributed by atoms with E-state index in [9.17, 15) is 26.4 Å². The first-order chi connectivity index (χ1) is 14.5. The molecule has 1 amide bonds. The number of sulfone groups is 1. The molecule has 1 fully saturated rings. The molecule has 2 aromatic carbocycles. The molecule has 0 bridgehead atoms. The largest absolute Gasteiger partial charge is 0.482 e. The Morgan fingerprint density at radius 3 is 2.29 bits per heavy atom. The van der Waals surface area contributed by atoms with Crippen LogP contribution in [-0.4, -0.2) is 50.3 Å². The molecule has 1 spiro atoms. The highest BCUT2D eigenvalue weighted by atomic mass is 32.2. The molecule has 0 saturated carbocycles. The summed E-state index contributed by atoms with van der Waals surface area (Å²) in [5.74, 6) is -1.38. The molecule has 1 saturated heterocycles. The molecule has 31 heavy (non-hydrogen) atoms. The van der Waals surface area contributed by atoms with Crippen molar-refractivity contribution in [1.29, 1.82) is 0 Å². The molecule has 2 heterocycles. The van der Waals surface area contributed by atoms with Crippen molar-refractivity contribution in [3.05, 3.63) is 65.7 Å². The molecule has 0 aromatic heterocycles. The number of hydrogen-bond donors (Lipinski definition) is 0. The summed E-state index contributed by atoms with van der Waals surface area (Å²) >= 11 is 0. The van der Waals surface area contributed by atoms with Gasteiger partial charge in [-0.3, -0.25) is 4.79 Å². The maximum absolute atomic E-state index is 12.8. The SMILES string of the molecule is CS(=O)(=O)c1ccc2c(c1)C(c1ccccc1)=CC1(CCN(C(=O)C(F)(F)F)CC1)O2. The van der Waals surface area contributed by atoms with Gasteiger partial charge in [0.15, 0.2) is 9.84 Å². The Bertz CT molecular complexity index is 1150. The van der Waals surface area contributed by atoms with Crippen LogP contribution in [0.25, 0.3) is 5.57 Å². The fourth-order valence-corrected chi connectivity index (χ4v) is 4.65. The van der Waals surface area contributed by atoms with E-state index in [1.807, 2.05) is 36.4 Å². The van der Waals surface area contributed by atoms with Crippen molar-refractivity contribution >= 4 is 21.3 Å². The Labute approximate surface area is 178 Å². The minimum absolute atomic E-state index is 0.0896. The standard InChI is InChI=1S/C22H20F3NO4S/c1-31(28,29)16-7-8-19-17(13-16)18(15-5-3-2-4-6-15)14-21(30-19)9-11-26(12-10-21)20(27)22(23,24)25/h2-8,13-14H,9-12H2,1H3. The predicted molar refractivity (Wildman–Crippen MR) is 108 cm³/mol. The fourth-order valence-electron chi connectivity index (χ4n) is 4.00. The molecule has 2 aromatic rings. The van der Waals surface area contributed by atoms with Gasteiger partial charge in [-0.25, -0.2) is 8.42 Å². The number of ether oxygens (including phenoxy) is 1. The molecular formula is C22H20F3NO4S. The van der Waals surface area contributed by atoms with Gasteiger partial charge in [0.25, 0.3) is 0 Å². The van der Waals surface area contributed by atoms with Crippen LogP contribution >= 0.6 is 0 Å². The van der Waals surface area contributed by atoms with Crippen molar-refractivity contribution in [2.75, 3.05) is 19.3 Å². The summed E-state index contributed by atoms with van der Waals surface area (Å²) in [6.07, 6.45) is -1.54. The van der Waals surface area contributed by atoms with Crippen LogP contribution in [-0.2, 0) is 14.6 Å². The van der Waals surface area contributed by atoms with E-state index in [1.54, 1.807) is 12.1 Å². The fraction of sp³-hybridized carbons (Fsp3) is 0.318. The van der Waals surface area contributed by atoms with Gasteiger partial charge in [-0.15, -0.1) is 0 Å².